The fraction of sp³-hybridized carbons (Fsp3) is 0.588. The Labute approximate surface area is 309 Å². The summed E-state index contributed by atoms with van der Waals surface area (Å²) in [5.41, 5.74) is 2.83. The lowest BCUT2D eigenvalue weighted by Gasteiger charge is -2.33. The maximum absolute atomic E-state index is 13.0. The van der Waals surface area contributed by atoms with E-state index in [-0.39, 0.29) is 70.0 Å². The van der Waals surface area contributed by atoms with Crippen LogP contribution in [0.25, 0.3) is 0 Å². The third kappa shape index (κ3) is 14.6. The van der Waals surface area contributed by atoms with E-state index in [0.717, 1.165) is 16.7 Å². The quantitative estimate of drug-likeness (QED) is 0.107. The predicted octanol–water partition coefficient (Wildman–Crippen LogP) is 1.75. The zero-order valence-corrected chi connectivity index (χ0v) is 31.3. The number of halogens is 2. The summed E-state index contributed by atoms with van der Waals surface area (Å²) in [6.45, 7) is 3.87. The Morgan fingerprint density at radius 2 is 1.55 bits per heavy atom. The molecule has 0 aliphatic carbocycles. The smallest absolute Gasteiger partial charge is 0.252 e. The topological polar surface area (TPSA) is 182 Å². The Morgan fingerprint density at radius 1 is 0.902 bits per heavy atom. The highest BCUT2D eigenvalue weighted by Gasteiger charge is 2.30. The first-order chi connectivity index (χ1) is 24.4. The van der Waals surface area contributed by atoms with Gasteiger partial charge in [0.1, 0.15) is 6.10 Å². The fourth-order valence-electron chi connectivity index (χ4n) is 5.31. The molecule has 1 heterocycles. The van der Waals surface area contributed by atoms with E-state index in [0.29, 0.717) is 49.4 Å². The number of fused-ring (bicyclic) bond motifs is 1. The van der Waals surface area contributed by atoms with Gasteiger partial charge in [-0.25, -0.2) is 13.1 Å². The number of rotatable bonds is 25. The lowest BCUT2D eigenvalue weighted by molar-refractivity contribution is -0.145. The molecule has 4 N–H and O–H groups in total. The van der Waals surface area contributed by atoms with Gasteiger partial charge in [-0.1, -0.05) is 35.3 Å². The average Bonchev–Trinajstić information content (AvgIpc) is 3.10. The van der Waals surface area contributed by atoms with E-state index >= 15 is 0 Å². The summed E-state index contributed by atoms with van der Waals surface area (Å²) in [5.74, 6) is -1.62. The number of nitrogens with one attached hydrogen (secondary N) is 2. The first kappa shape index (κ1) is 43.2. The van der Waals surface area contributed by atoms with Crippen LogP contribution in [0, 0.1) is 0 Å². The van der Waals surface area contributed by atoms with Crippen molar-refractivity contribution < 1.29 is 51.9 Å². The van der Waals surface area contributed by atoms with E-state index in [1.807, 2.05) is 19.2 Å². The number of likely N-dealkylation sites (N-methyl/N-ethyl adjacent to an activating group) is 1. The molecular weight excluding hydrogens is 729 g/mol. The average molecular weight is 779 g/mol. The van der Waals surface area contributed by atoms with Crippen molar-refractivity contribution in [3.8, 4) is 0 Å². The van der Waals surface area contributed by atoms with E-state index in [4.69, 9.17) is 46.9 Å². The summed E-state index contributed by atoms with van der Waals surface area (Å²) < 4.78 is 55.0. The zero-order valence-electron chi connectivity index (χ0n) is 29.0. The number of sulfonamides is 1. The monoisotopic (exact) mass is 777 g/mol. The highest BCUT2D eigenvalue weighted by atomic mass is 35.5. The van der Waals surface area contributed by atoms with Gasteiger partial charge >= 0.3 is 0 Å². The van der Waals surface area contributed by atoms with Crippen LogP contribution in [0.2, 0.25) is 10.0 Å². The Bertz CT molecular complexity index is 1500. The molecule has 286 valence electrons. The molecular formula is C34H49Cl2N3O11S. The van der Waals surface area contributed by atoms with Crippen LogP contribution in [0.1, 0.15) is 35.4 Å². The van der Waals surface area contributed by atoms with Crippen molar-refractivity contribution in [3.05, 3.63) is 63.1 Å². The first-order valence-corrected chi connectivity index (χ1v) is 18.9. The summed E-state index contributed by atoms with van der Waals surface area (Å²) in [7, 11) is -0.245. The summed E-state index contributed by atoms with van der Waals surface area (Å²) >= 11 is 12.8. The lowest BCUT2D eigenvalue weighted by Crippen LogP contribution is -2.46. The maximum Gasteiger partial charge on any atom is 0.252 e. The molecule has 51 heavy (non-hydrogen) atoms. The number of methoxy groups -OCH3 is 1. The molecule has 1 aliphatic rings. The maximum atomic E-state index is 13.0. The van der Waals surface area contributed by atoms with Crippen LogP contribution < -0.4 is 10.0 Å². The van der Waals surface area contributed by atoms with Crippen LogP contribution >= 0.6 is 23.2 Å². The third-order valence-corrected chi connectivity index (χ3v) is 9.95. The molecule has 1 amide bonds. The van der Waals surface area contributed by atoms with E-state index in [2.05, 4.69) is 14.9 Å². The second-order valence-electron chi connectivity index (χ2n) is 11.9. The van der Waals surface area contributed by atoms with Gasteiger partial charge in [0.15, 0.2) is 11.9 Å². The molecule has 3 atom stereocenters. The van der Waals surface area contributed by atoms with Gasteiger partial charge in [-0.2, -0.15) is 0 Å². The van der Waals surface area contributed by atoms with Crippen LogP contribution in [0.15, 0.2) is 41.3 Å². The molecule has 3 rings (SSSR count). The minimum absolute atomic E-state index is 0.0383. The molecule has 0 fully saturated rings. The number of nitrogens with zero attached hydrogens (tertiary/aromatic N) is 1. The molecule has 0 spiro atoms. The van der Waals surface area contributed by atoms with E-state index in [1.54, 1.807) is 31.4 Å². The number of ketones is 1. The molecule has 2 aromatic carbocycles. The lowest BCUT2D eigenvalue weighted by atomic mass is 9.85. The summed E-state index contributed by atoms with van der Waals surface area (Å²) in [6.07, 6.45) is -3.40. The molecule has 0 saturated carbocycles. The van der Waals surface area contributed by atoms with Crippen molar-refractivity contribution in [1.29, 1.82) is 0 Å². The SMILES string of the molecule is COCCOCCCC(=O)C(O)C(O)C(=O)NCCOCCOCCOCCNS(=O)(=O)c1cccc(C2CN(C)Cc3c(Cl)cc(Cl)cc32)c1. The van der Waals surface area contributed by atoms with Gasteiger partial charge in [-0.3, -0.25) is 9.59 Å². The highest BCUT2D eigenvalue weighted by Crippen LogP contribution is 2.38. The van der Waals surface area contributed by atoms with Crippen LogP contribution in [0.5, 0.6) is 0 Å². The number of hydrogen-bond acceptors (Lipinski definition) is 12. The van der Waals surface area contributed by atoms with Gasteiger partial charge in [-0.05, 0) is 54.4 Å². The van der Waals surface area contributed by atoms with Crippen molar-refractivity contribution in [2.45, 2.75) is 42.4 Å². The van der Waals surface area contributed by atoms with Crippen molar-refractivity contribution in [2.24, 2.45) is 0 Å². The molecule has 3 unspecified atom stereocenters. The van der Waals surface area contributed by atoms with Gasteiger partial charge in [0.2, 0.25) is 10.0 Å². The molecule has 0 bridgehead atoms. The van der Waals surface area contributed by atoms with Gasteiger partial charge in [0.05, 0.1) is 57.8 Å². The largest absolute Gasteiger partial charge is 0.382 e. The molecule has 0 radical (unpaired) electrons. The molecule has 17 heteroatoms. The standard InChI is InChI=1S/C34H49Cl2N3O11S/c1-39-22-28(27-20-25(35)21-30(36)29(27)23-39)24-5-3-6-26(19-24)51(44,45)38-9-12-49-16-18-50-17-15-48-11-8-37-34(43)33(42)32(41)31(40)7-4-10-47-14-13-46-2/h3,5-6,19-21,28,32-33,38,41-42H,4,7-18,22-23H2,1-2H3,(H,37,43). The number of amides is 1. The number of Topliss-reactive ketones (excluding diaryl/α,β-unsaturated/α-hetero) is 1. The summed E-state index contributed by atoms with van der Waals surface area (Å²) in [5, 5.41) is 23.4. The molecule has 0 aromatic heterocycles. The first-order valence-electron chi connectivity index (χ1n) is 16.7. The number of aliphatic hydroxyl groups excluding tert-OH is 2. The van der Waals surface area contributed by atoms with E-state index < -0.39 is 33.9 Å². The van der Waals surface area contributed by atoms with Gasteiger partial charge in [-0.15, -0.1) is 0 Å². The number of aliphatic hydroxyl groups is 2. The van der Waals surface area contributed by atoms with Gasteiger partial charge < -0.3 is 44.1 Å². The van der Waals surface area contributed by atoms with Crippen LogP contribution in [-0.2, 0) is 49.8 Å². The van der Waals surface area contributed by atoms with Crippen LogP contribution in [-0.4, -0.2) is 141 Å². The van der Waals surface area contributed by atoms with Crippen LogP contribution in [0.3, 0.4) is 0 Å². The fourth-order valence-corrected chi connectivity index (χ4v) is 6.95. The van der Waals surface area contributed by atoms with Crippen molar-refractivity contribution in [3.63, 3.8) is 0 Å². The number of carbonyl (C=O) groups excluding carboxylic acids is 2. The number of hydrogen-bond donors (Lipinski definition) is 4. The number of benzene rings is 2. The van der Waals surface area contributed by atoms with Crippen molar-refractivity contribution >= 4 is 44.9 Å². The third-order valence-electron chi connectivity index (χ3n) is 7.93. The Morgan fingerprint density at radius 3 is 2.25 bits per heavy atom. The van der Waals surface area contributed by atoms with Gasteiger partial charge in [0.25, 0.3) is 5.91 Å². The normalized spacial score (nSPS) is 16.1. The highest BCUT2D eigenvalue weighted by molar-refractivity contribution is 7.89. The summed E-state index contributed by atoms with van der Waals surface area (Å²) in [6, 6.07) is 10.5. The van der Waals surface area contributed by atoms with E-state index in [1.165, 1.54) is 0 Å². The summed E-state index contributed by atoms with van der Waals surface area (Å²) in [4.78, 5) is 26.3. The Balaban J connectivity index is 1.24. The Kier molecular flexibility index (Phi) is 19.2. The predicted molar refractivity (Wildman–Crippen MR) is 191 cm³/mol. The van der Waals surface area contributed by atoms with Crippen LogP contribution in [0.4, 0.5) is 0 Å². The second kappa shape index (κ2) is 22.7. The number of carbonyl (C=O) groups is 2. The van der Waals surface area contributed by atoms with Crippen molar-refractivity contribution in [2.75, 3.05) is 93.3 Å². The second-order valence-corrected chi connectivity index (χ2v) is 14.5. The van der Waals surface area contributed by atoms with Crippen molar-refractivity contribution in [1.82, 2.24) is 14.9 Å². The minimum Gasteiger partial charge on any atom is -0.382 e. The molecule has 0 saturated heterocycles. The zero-order chi connectivity index (χ0) is 37.2. The van der Waals surface area contributed by atoms with E-state index in [9.17, 15) is 28.2 Å². The number of ether oxygens (including phenoxy) is 5. The Hall–Kier alpha value is -2.25. The molecule has 2 aromatic rings. The minimum atomic E-state index is -3.79. The van der Waals surface area contributed by atoms with Gasteiger partial charge in [0, 0.05) is 62.3 Å². The molecule has 1 aliphatic heterocycles. The molecule has 14 nitrogen and oxygen atoms in total.